The largest absolute Gasteiger partial charge is 0.416 e. The molecule has 1 atom stereocenters. The Morgan fingerprint density at radius 3 is 2.67 bits per heavy atom. The van der Waals surface area contributed by atoms with Gasteiger partial charge in [-0.2, -0.15) is 18.3 Å². The van der Waals surface area contributed by atoms with Crippen LogP contribution in [0.5, 0.6) is 0 Å². The molecule has 4 nitrogen and oxygen atoms in total. The Morgan fingerprint density at radius 2 is 2.04 bits per heavy atom. The monoisotopic (exact) mass is 337 g/mol. The van der Waals surface area contributed by atoms with Gasteiger partial charge >= 0.3 is 6.18 Å². The lowest BCUT2D eigenvalue weighted by atomic mass is 9.83. The Kier molecular flexibility index (Phi) is 3.89. The number of aryl methyl sites for hydroxylation is 1. The number of rotatable bonds is 2. The molecule has 1 aliphatic heterocycles. The van der Waals surface area contributed by atoms with Crippen LogP contribution in [0.2, 0.25) is 0 Å². The van der Waals surface area contributed by atoms with Gasteiger partial charge < -0.3 is 5.32 Å². The van der Waals surface area contributed by atoms with E-state index in [9.17, 15) is 18.0 Å². The highest BCUT2D eigenvalue weighted by Crippen LogP contribution is 2.42. The molecule has 2 heterocycles. The summed E-state index contributed by atoms with van der Waals surface area (Å²) in [5, 5.41) is 7.24. The van der Waals surface area contributed by atoms with E-state index in [2.05, 4.69) is 10.4 Å². The predicted molar refractivity (Wildman–Crippen MR) is 83.8 cm³/mol. The lowest BCUT2D eigenvalue weighted by molar-refractivity contribution is -0.137. The molecule has 1 N–H and O–H groups in total. The third-order valence-corrected chi connectivity index (χ3v) is 4.27. The van der Waals surface area contributed by atoms with Crippen LogP contribution in [0.1, 0.15) is 54.5 Å². The first-order valence-corrected chi connectivity index (χ1v) is 7.72. The highest BCUT2D eigenvalue weighted by Gasteiger charge is 2.35. The topological polar surface area (TPSA) is 46.9 Å². The molecule has 0 spiro atoms. The number of hydrogen-bond acceptors (Lipinski definition) is 2. The molecule has 0 saturated carbocycles. The third kappa shape index (κ3) is 2.79. The summed E-state index contributed by atoms with van der Waals surface area (Å²) in [6.07, 6.45) is -4.30. The van der Waals surface area contributed by atoms with Gasteiger partial charge in [-0.05, 0) is 17.5 Å². The molecule has 1 unspecified atom stereocenters. The van der Waals surface area contributed by atoms with Gasteiger partial charge in [-0.1, -0.05) is 32.0 Å². The van der Waals surface area contributed by atoms with Crippen molar-refractivity contribution in [2.45, 2.75) is 38.3 Å². The minimum absolute atomic E-state index is 0.100. The molecule has 0 saturated heterocycles. The molecule has 1 aromatic carbocycles. The summed E-state index contributed by atoms with van der Waals surface area (Å²) in [4.78, 5) is 12.0. The average Bonchev–Trinajstić information content (AvgIpc) is 2.83. The fraction of sp³-hybridized carbons (Fsp3) is 0.412. The van der Waals surface area contributed by atoms with E-state index in [1.54, 1.807) is 17.8 Å². The van der Waals surface area contributed by atoms with Crippen molar-refractivity contribution in [3.8, 4) is 0 Å². The summed E-state index contributed by atoms with van der Waals surface area (Å²) in [5.41, 5.74) is 1.39. The molecule has 0 aliphatic carbocycles. The minimum Gasteiger partial charge on any atom is -0.311 e. The van der Waals surface area contributed by atoms with E-state index < -0.39 is 17.7 Å². The number of fused-ring (bicyclic) bond motifs is 1. The van der Waals surface area contributed by atoms with Crippen LogP contribution >= 0.6 is 0 Å². The van der Waals surface area contributed by atoms with Crippen LogP contribution < -0.4 is 5.32 Å². The molecule has 7 heteroatoms. The fourth-order valence-electron chi connectivity index (χ4n) is 3.17. The maximum Gasteiger partial charge on any atom is 0.416 e. The summed E-state index contributed by atoms with van der Waals surface area (Å²) in [6, 6.07) is 5.19. The zero-order valence-corrected chi connectivity index (χ0v) is 13.6. The number of anilines is 1. The van der Waals surface area contributed by atoms with Crippen LogP contribution in [-0.2, 0) is 18.0 Å². The lowest BCUT2D eigenvalue weighted by Gasteiger charge is -2.25. The maximum absolute atomic E-state index is 13.0. The second-order valence-electron chi connectivity index (χ2n) is 6.35. The van der Waals surface area contributed by atoms with Crippen molar-refractivity contribution in [2.75, 3.05) is 5.32 Å². The first kappa shape index (κ1) is 16.5. The molecule has 0 bridgehead atoms. The lowest BCUT2D eigenvalue weighted by Crippen LogP contribution is -2.25. The number of aromatic nitrogens is 2. The van der Waals surface area contributed by atoms with Gasteiger partial charge in [0.15, 0.2) is 0 Å². The van der Waals surface area contributed by atoms with Crippen molar-refractivity contribution >= 4 is 11.7 Å². The summed E-state index contributed by atoms with van der Waals surface area (Å²) < 4.78 is 40.7. The van der Waals surface area contributed by atoms with Crippen molar-refractivity contribution in [3.05, 3.63) is 46.6 Å². The van der Waals surface area contributed by atoms with Crippen molar-refractivity contribution in [1.82, 2.24) is 9.78 Å². The number of nitrogens with zero attached hydrogens (tertiary/aromatic N) is 2. The Labute approximate surface area is 137 Å². The Hall–Kier alpha value is -2.31. The van der Waals surface area contributed by atoms with E-state index in [1.807, 2.05) is 13.8 Å². The van der Waals surface area contributed by atoms with Gasteiger partial charge in [-0.25, -0.2) is 0 Å². The van der Waals surface area contributed by atoms with Crippen LogP contribution in [0.25, 0.3) is 0 Å². The second-order valence-corrected chi connectivity index (χ2v) is 6.35. The molecule has 0 fully saturated rings. The number of carbonyl (C=O) groups is 1. The third-order valence-electron chi connectivity index (χ3n) is 4.27. The van der Waals surface area contributed by atoms with Crippen molar-refractivity contribution in [1.29, 1.82) is 0 Å². The highest BCUT2D eigenvalue weighted by molar-refractivity contribution is 5.94. The second kappa shape index (κ2) is 5.65. The highest BCUT2D eigenvalue weighted by atomic mass is 19.4. The molecule has 2 aromatic rings. The minimum atomic E-state index is -4.41. The van der Waals surface area contributed by atoms with E-state index in [0.29, 0.717) is 11.4 Å². The molecule has 128 valence electrons. The van der Waals surface area contributed by atoms with Crippen LogP contribution in [0.4, 0.5) is 19.0 Å². The number of alkyl halides is 3. The molecule has 1 amide bonds. The number of nitrogens with one attached hydrogen (secondary N) is 1. The predicted octanol–water partition coefficient (Wildman–Crippen LogP) is 4.04. The maximum atomic E-state index is 13.0. The normalized spacial score (nSPS) is 17.8. The molecular formula is C17H18F3N3O. The summed E-state index contributed by atoms with van der Waals surface area (Å²) in [6.45, 7) is 3.95. The van der Waals surface area contributed by atoms with E-state index >= 15 is 0 Å². The molecule has 3 rings (SSSR count). The van der Waals surface area contributed by atoms with Gasteiger partial charge in [0.05, 0.1) is 11.3 Å². The van der Waals surface area contributed by atoms with E-state index in [0.717, 1.165) is 23.4 Å². The van der Waals surface area contributed by atoms with Crippen molar-refractivity contribution < 1.29 is 18.0 Å². The average molecular weight is 337 g/mol. The fourth-order valence-corrected chi connectivity index (χ4v) is 3.17. The summed E-state index contributed by atoms with van der Waals surface area (Å²) in [7, 11) is 1.72. The standard InChI is InChI=1S/C17H18F3N3O/c1-9(2)15-14-12(8-13(24)21-16(14)23(3)22-15)10-5-4-6-11(7-10)17(18,19)20/h4-7,9,12H,8H2,1-3H3,(H,21,24). The molecule has 24 heavy (non-hydrogen) atoms. The number of halogens is 3. The Bertz CT molecular complexity index is 793. The summed E-state index contributed by atoms with van der Waals surface area (Å²) in [5.74, 6) is 0.0194. The van der Waals surface area contributed by atoms with Crippen molar-refractivity contribution in [2.24, 2.45) is 7.05 Å². The summed E-state index contributed by atoms with van der Waals surface area (Å²) >= 11 is 0. The van der Waals surface area contributed by atoms with Crippen LogP contribution in [0, 0.1) is 0 Å². The molecule has 1 aliphatic rings. The van der Waals surface area contributed by atoms with Crippen LogP contribution in [0.3, 0.4) is 0 Å². The first-order chi connectivity index (χ1) is 11.2. The molecular weight excluding hydrogens is 319 g/mol. The zero-order chi connectivity index (χ0) is 17.6. The number of benzene rings is 1. The molecule has 0 radical (unpaired) electrons. The number of amides is 1. The number of hydrogen-bond donors (Lipinski definition) is 1. The van der Waals surface area contributed by atoms with Crippen molar-refractivity contribution in [3.63, 3.8) is 0 Å². The van der Waals surface area contributed by atoms with E-state index in [4.69, 9.17) is 0 Å². The quantitative estimate of drug-likeness (QED) is 0.899. The SMILES string of the molecule is CC(C)c1nn(C)c2c1C(c1cccc(C(F)(F)F)c1)CC(=O)N2. The smallest absolute Gasteiger partial charge is 0.311 e. The Morgan fingerprint density at radius 1 is 1.33 bits per heavy atom. The van der Waals surface area contributed by atoms with Gasteiger partial charge in [-0.15, -0.1) is 0 Å². The molecule has 1 aromatic heterocycles. The zero-order valence-electron chi connectivity index (χ0n) is 13.6. The van der Waals surface area contributed by atoms with Gasteiger partial charge in [0, 0.05) is 24.9 Å². The first-order valence-electron chi connectivity index (χ1n) is 7.72. The van der Waals surface area contributed by atoms with Gasteiger partial charge in [0.25, 0.3) is 0 Å². The van der Waals surface area contributed by atoms with E-state index in [1.165, 1.54) is 6.07 Å². The number of carbonyl (C=O) groups excluding carboxylic acids is 1. The van der Waals surface area contributed by atoms with E-state index in [-0.39, 0.29) is 18.2 Å². The van der Waals surface area contributed by atoms with Gasteiger partial charge in [-0.3, -0.25) is 9.48 Å². The van der Waals surface area contributed by atoms with Gasteiger partial charge in [0.1, 0.15) is 5.82 Å². The van der Waals surface area contributed by atoms with Gasteiger partial charge in [0.2, 0.25) is 5.91 Å². The Balaban J connectivity index is 2.16. The van der Waals surface area contributed by atoms with Crippen LogP contribution in [-0.4, -0.2) is 15.7 Å². The van der Waals surface area contributed by atoms with Crippen LogP contribution in [0.15, 0.2) is 24.3 Å².